The second kappa shape index (κ2) is 5.97. The number of rotatable bonds is 2. The first-order chi connectivity index (χ1) is 9.75. The van der Waals surface area contributed by atoms with Gasteiger partial charge in [-0.25, -0.2) is 0 Å². The number of benzene rings is 1. The molecule has 20 heavy (non-hydrogen) atoms. The van der Waals surface area contributed by atoms with Gasteiger partial charge < -0.3 is 4.90 Å². The van der Waals surface area contributed by atoms with E-state index in [1.54, 1.807) is 24.2 Å². The van der Waals surface area contributed by atoms with Gasteiger partial charge in [0, 0.05) is 34.7 Å². The molecule has 1 aromatic heterocycles. The van der Waals surface area contributed by atoms with Gasteiger partial charge in [-0.1, -0.05) is 22.0 Å². The van der Waals surface area contributed by atoms with Crippen molar-refractivity contribution in [1.29, 1.82) is 0 Å². The molecule has 0 aliphatic carbocycles. The van der Waals surface area contributed by atoms with Crippen LogP contribution in [0.4, 0.5) is 0 Å². The van der Waals surface area contributed by atoms with Crippen molar-refractivity contribution in [2.75, 3.05) is 12.3 Å². The molecule has 0 spiro atoms. The Morgan fingerprint density at radius 3 is 2.85 bits per heavy atom. The molecule has 1 saturated heterocycles. The summed E-state index contributed by atoms with van der Waals surface area (Å²) in [6.45, 7) is 0.781. The van der Waals surface area contributed by atoms with Crippen molar-refractivity contribution in [1.82, 2.24) is 9.88 Å². The lowest BCUT2D eigenvalue weighted by molar-refractivity contribution is 0.0760. The van der Waals surface area contributed by atoms with Crippen LogP contribution in [-0.4, -0.2) is 28.1 Å². The van der Waals surface area contributed by atoms with Gasteiger partial charge in [0.2, 0.25) is 0 Å². The van der Waals surface area contributed by atoms with E-state index < -0.39 is 0 Å². The summed E-state index contributed by atoms with van der Waals surface area (Å²) in [4.78, 5) is 18.6. The van der Waals surface area contributed by atoms with Crippen molar-refractivity contribution >= 4 is 33.6 Å². The highest BCUT2D eigenvalue weighted by molar-refractivity contribution is 9.10. The summed E-state index contributed by atoms with van der Waals surface area (Å²) in [5.41, 5.74) is 1.85. The third-order valence-corrected chi connectivity index (χ3v) is 4.97. The molecule has 0 bridgehead atoms. The summed E-state index contributed by atoms with van der Waals surface area (Å²) in [6.07, 6.45) is 3.55. The van der Waals surface area contributed by atoms with Crippen LogP contribution < -0.4 is 0 Å². The van der Waals surface area contributed by atoms with Gasteiger partial charge in [-0.3, -0.25) is 9.78 Å². The Labute approximate surface area is 130 Å². The summed E-state index contributed by atoms with van der Waals surface area (Å²) in [7, 11) is 0. The van der Waals surface area contributed by atoms with Crippen LogP contribution in [0.15, 0.2) is 53.3 Å². The van der Waals surface area contributed by atoms with Crippen molar-refractivity contribution < 1.29 is 4.79 Å². The lowest BCUT2D eigenvalue weighted by Gasteiger charge is -2.24. The standard InChI is InChI=1S/C15H13BrN2OS/c16-13-3-1-2-12(10-13)14(19)18-8-9-20-15(18)11-4-6-17-7-5-11/h1-7,10,15H,8-9H2. The number of halogens is 1. The number of hydrogen-bond donors (Lipinski definition) is 0. The molecule has 102 valence electrons. The number of hydrogen-bond acceptors (Lipinski definition) is 3. The zero-order valence-corrected chi connectivity index (χ0v) is 13.1. The lowest BCUT2D eigenvalue weighted by atomic mass is 10.1. The molecule has 3 nitrogen and oxygen atoms in total. The Bertz CT molecular complexity index is 620. The second-order valence-corrected chi connectivity index (χ2v) is 6.62. The Balaban J connectivity index is 1.87. The normalized spacial score (nSPS) is 18.2. The van der Waals surface area contributed by atoms with Gasteiger partial charge in [0.1, 0.15) is 5.37 Å². The fraction of sp³-hybridized carbons (Fsp3) is 0.200. The van der Waals surface area contributed by atoms with Gasteiger partial charge in [-0.15, -0.1) is 11.8 Å². The summed E-state index contributed by atoms with van der Waals surface area (Å²) in [5.74, 6) is 1.05. The van der Waals surface area contributed by atoms with Crippen LogP contribution in [0.2, 0.25) is 0 Å². The van der Waals surface area contributed by atoms with Gasteiger partial charge in [0.15, 0.2) is 0 Å². The van der Waals surface area contributed by atoms with Crippen LogP contribution in [0.5, 0.6) is 0 Å². The van der Waals surface area contributed by atoms with Crippen LogP contribution in [0.1, 0.15) is 21.3 Å². The highest BCUT2D eigenvalue weighted by Gasteiger charge is 2.31. The van der Waals surface area contributed by atoms with Crippen molar-refractivity contribution in [3.63, 3.8) is 0 Å². The highest BCUT2D eigenvalue weighted by atomic mass is 79.9. The molecule has 0 radical (unpaired) electrons. The van der Waals surface area contributed by atoms with E-state index in [0.29, 0.717) is 0 Å². The average Bonchev–Trinajstić information content (AvgIpc) is 2.97. The van der Waals surface area contributed by atoms with Crippen LogP contribution in [0.25, 0.3) is 0 Å². The molecule has 2 heterocycles. The van der Waals surface area contributed by atoms with E-state index in [0.717, 1.165) is 27.9 Å². The maximum atomic E-state index is 12.7. The Morgan fingerprint density at radius 1 is 1.30 bits per heavy atom. The molecular weight excluding hydrogens is 336 g/mol. The summed E-state index contributed by atoms with van der Waals surface area (Å²) >= 11 is 5.21. The predicted molar refractivity (Wildman–Crippen MR) is 84.6 cm³/mol. The molecule has 0 saturated carbocycles. The van der Waals surface area contributed by atoms with Gasteiger partial charge in [0.25, 0.3) is 5.91 Å². The lowest BCUT2D eigenvalue weighted by Crippen LogP contribution is -2.30. The number of carbonyl (C=O) groups excluding carboxylic acids is 1. The zero-order chi connectivity index (χ0) is 13.9. The first-order valence-corrected chi connectivity index (χ1v) is 8.18. The number of aromatic nitrogens is 1. The SMILES string of the molecule is O=C(c1cccc(Br)c1)N1CCSC1c1ccncc1. The van der Waals surface area contributed by atoms with Crippen LogP contribution in [-0.2, 0) is 0 Å². The number of pyridine rings is 1. The first kappa shape index (κ1) is 13.6. The molecule has 1 aromatic carbocycles. The quantitative estimate of drug-likeness (QED) is 0.828. The topological polar surface area (TPSA) is 33.2 Å². The molecule has 1 aliphatic rings. The smallest absolute Gasteiger partial charge is 0.255 e. The largest absolute Gasteiger partial charge is 0.322 e. The molecule has 3 rings (SSSR count). The van der Waals surface area contributed by atoms with E-state index in [4.69, 9.17) is 0 Å². The van der Waals surface area contributed by atoms with E-state index in [2.05, 4.69) is 20.9 Å². The summed E-state index contributed by atoms with van der Waals surface area (Å²) in [6, 6.07) is 11.5. The Hall–Kier alpha value is -1.33. The van der Waals surface area contributed by atoms with Gasteiger partial charge >= 0.3 is 0 Å². The second-order valence-electron chi connectivity index (χ2n) is 4.51. The molecule has 1 atom stereocenters. The Morgan fingerprint density at radius 2 is 2.10 bits per heavy atom. The van der Waals surface area contributed by atoms with Crippen molar-refractivity contribution in [2.45, 2.75) is 5.37 Å². The monoisotopic (exact) mass is 348 g/mol. The molecule has 0 N–H and O–H groups in total. The number of thioether (sulfide) groups is 1. The van der Waals surface area contributed by atoms with Crippen molar-refractivity contribution in [3.8, 4) is 0 Å². The maximum Gasteiger partial charge on any atom is 0.255 e. The highest BCUT2D eigenvalue weighted by Crippen LogP contribution is 2.38. The van der Waals surface area contributed by atoms with E-state index in [9.17, 15) is 4.79 Å². The van der Waals surface area contributed by atoms with E-state index in [1.165, 1.54) is 0 Å². The predicted octanol–water partition coefficient (Wildman–Crippen LogP) is 3.73. The van der Waals surface area contributed by atoms with Crippen LogP contribution in [0.3, 0.4) is 0 Å². The third-order valence-electron chi connectivity index (χ3n) is 3.21. The minimum absolute atomic E-state index is 0.0816. The average molecular weight is 349 g/mol. The van der Waals surface area contributed by atoms with E-state index in [1.807, 2.05) is 41.3 Å². The van der Waals surface area contributed by atoms with Gasteiger partial charge in [0.05, 0.1) is 0 Å². The fourth-order valence-electron chi connectivity index (χ4n) is 2.27. The van der Waals surface area contributed by atoms with Gasteiger partial charge in [-0.05, 0) is 35.9 Å². The molecular formula is C15H13BrN2OS. The Kier molecular flexibility index (Phi) is 4.08. The molecule has 2 aromatic rings. The zero-order valence-electron chi connectivity index (χ0n) is 10.7. The van der Waals surface area contributed by atoms with Crippen LogP contribution >= 0.6 is 27.7 Å². The van der Waals surface area contributed by atoms with E-state index >= 15 is 0 Å². The molecule has 1 amide bonds. The minimum Gasteiger partial charge on any atom is -0.322 e. The first-order valence-electron chi connectivity index (χ1n) is 6.34. The summed E-state index contributed by atoms with van der Waals surface area (Å²) in [5, 5.41) is 0.0875. The maximum absolute atomic E-state index is 12.7. The number of amides is 1. The van der Waals surface area contributed by atoms with Crippen molar-refractivity contribution in [3.05, 3.63) is 64.4 Å². The number of carbonyl (C=O) groups is 1. The van der Waals surface area contributed by atoms with Crippen molar-refractivity contribution in [2.24, 2.45) is 0 Å². The summed E-state index contributed by atoms with van der Waals surface area (Å²) < 4.78 is 0.927. The molecule has 1 unspecified atom stereocenters. The minimum atomic E-state index is 0.0816. The van der Waals surface area contributed by atoms with Crippen LogP contribution in [0, 0.1) is 0 Å². The molecule has 1 fully saturated rings. The third kappa shape index (κ3) is 2.74. The van der Waals surface area contributed by atoms with Gasteiger partial charge in [-0.2, -0.15) is 0 Å². The number of nitrogens with zero attached hydrogens (tertiary/aromatic N) is 2. The van der Waals surface area contributed by atoms with E-state index in [-0.39, 0.29) is 11.3 Å². The fourth-order valence-corrected chi connectivity index (χ4v) is 3.92. The molecule has 1 aliphatic heterocycles. The molecule has 5 heteroatoms.